The largest absolute Gasteiger partial charge is 0.466 e. The Kier molecular flexibility index (Phi) is 7.34. The van der Waals surface area contributed by atoms with Gasteiger partial charge in [-0.05, 0) is 34.2 Å². The second kappa shape index (κ2) is 7.63. The maximum Gasteiger partial charge on any atom is 0.307 e. The van der Waals surface area contributed by atoms with Gasteiger partial charge in [0, 0.05) is 20.2 Å². The van der Waals surface area contributed by atoms with E-state index in [1.54, 1.807) is 7.11 Å². The zero-order valence-corrected chi connectivity index (χ0v) is 11.2. The molecule has 0 radical (unpaired) electrons. The van der Waals surface area contributed by atoms with Crippen molar-refractivity contribution in [3.05, 3.63) is 0 Å². The molecule has 0 amide bonds. The molecule has 16 heavy (non-hydrogen) atoms. The van der Waals surface area contributed by atoms with Crippen LogP contribution in [0, 0.1) is 0 Å². The predicted octanol–water partition coefficient (Wildman–Crippen LogP) is 1.69. The topological polar surface area (TPSA) is 38.8 Å². The third-order valence-corrected chi connectivity index (χ3v) is 2.65. The average Bonchev–Trinajstić information content (AvgIpc) is 2.24. The minimum absolute atomic E-state index is 0.0990. The Hall–Kier alpha value is -0.610. The normalized spacial score (nSPS) is 11.9. The molecule has 4 heteroatoms. The van der Waals surface area contributed by atoms with Gasteiger partial charge in [0.2, 0.25) is 0 Å². The second-order valence-corrected chi connectivity index (χ2v) is 4.57. The van der Waals surface area contributed by atoms with Crippen LogP contribution in [0.2, 0.25) is 0 Å². The lowest BCUT2D eigenvalue weighted by Gasteiger charge is -2.26. The molecule has 0 saturated carbocycles. The molecule has 0 N–H and O–H groups in total. The van der Waals surface area contributed by atoms with Gasteiger partial charge < -0.3 is 14.4 Å². The number of hydrogen-bond donors (Lipinski definition) is 0. The van der Waals surface area contributed by atoms with Gasteiger partial charge in [0.05, 0.1) is 18.6 Å². The standard InChI is InChI=1S/C12H25NO3/c1-6-16-11(14)7-9-13(4)10-8-12(2,3)15-5/h6-10H2,1-5H3. The third kappa shape index (κ3) is 7.65. The van der Waals surface area contributed by atoms with Crippen LogP contribution < -0.4 is 0 Å². The van der Waals surface area contributed by atoms with Crippen molar-refractivity contribution in [1.29, 1.82) is 0 Å². The van der Waals surface area contributed by atoms with E-state index < -0.39 is 0 Å². The van der Waals surface area contributed by atoms with Gasteiger partial charge in [0.15, 0.2) is 0 Å². The summed E-state index contributed by atoms with van der Waals surface area (Å²) in [5, 5.41) is 0. The first-order valence-electron chi connectivity index (χ1n) is 5.80. The molecule has 0 aromatic rings. The van der Waals surface area contributed by atoms with Crippen molar-refractivity contribution in [2.24, 2.45) is 0 Å². The van der Waals surface area contributed by atoms with Gasteiger partial charge in [0.1, 0.15) is 0 Å². The summed E-state index contributed by atoms with van der Waals surface area (Å²) in [4.78, 5) is 13.3. The molecule has 0 spiro atoms. The maximum absolute atomic E-state index is 11.1. The molecule has 0 atom stereocenters. The Morgan fingerprint density at radius 3 is 2.44 bits per heavy atom. The van der Waals surface area contributed by atoms with E-state index in [0.29, 0.717) is 13.0 Å². The molecule has 0 heterocycles. The molecular weight excluding hydrogens is 206 g/mol. The zero-order chi connectivity index (χ0) is 12.6. The first kappa shape index (κ1) is 15.4. The number of ether oxygens (including phenoxy) is 2. The fourth-order valence-electron chi connectivity index (χ4n) is 1.19. The summed E-state index contributed by atoms with van der Waals surface area (Å²) in [6.45, 7) is 8.05. The average molecular weight is 231 g/mol. The molecule has 0 rings (SSSR count). The van der Waals surface area contributed by atoms with Gasteiger partial charge in [-0.1, -0.05) is 0 Å². The van der Waals surface area contributed by atoms with Gasteiger partial charge in [-0.3, -0.25) is 4.79 Å². The fourth-order valence-corrected chi connectivity index (χ4v) is 1.19. The Morgan fingerprint density at radius 1 is 1.31 bits per heavy atom. The molecule has 0 aliphatic carbocycles. The van der Waals surface area contributed by atoms with Crippen LogP contribution in [0.1, 0.15) is 33.6 Å². The lowest BCUT2D eigenvalue weighted by atomic mass is 10.1. The molecule has 4 nitrogen and oxygen atoms in total. The molecule has 0 aliphatic heterocycles. The van der Waals surface area contributed by atoms with Crippen molar-refractivity contribution < 1.29 is 14.3 Å². The van der Waals surface area contributed by atoms with E-state index in [-0.39, 0.29) is 11.6 Å². The smallest absolute Gasteiger partial charge is 0.307 e. The van der Waals surface area contributed by atoms with E-state index in [4.69, 9.17) is 9.47 Å². The van der Waals surface area contributed by atoms with Crippen LogP contribution in [0.5, 0.6) is 0 Å². The Morgan fingerprint density at radius 2 is 1.94 bits per heavy atom. The summed E-state index contributed by atoms with van der Waals surface area (Å²) in [6.07, 6.45) is 1.40. The Labute approximate surface area is 98.9 Å². The van der Waals surface area contributed by atoms with Gasteiger partial charge in [-0.25, -0.2) is 0 Å². The number of nitrogens with zero attached hydrogens (tertiary/aromatic N) is 1. The Balaban J connectivity index is 3.66. The number of rotatable bonds is 8. The first-order valence-corrected chi connectivity index (χ1v) is 5.80. The van der Waals surface area contributed by atoms with E-state index in [0.717, 1.165) is 19.5 Å². The van der Waals surface area contributed by atoms with Gasteiger partial charge in [0.25, 0.3) is 0 Å². The highest BCUT2D eigenvalue weighted by molar-refractivity contribution is 5.69. The number of esters is 1. The summed E-state index contributed by atoms with van der Waals surface area (Å²) in [7, 11) is 3.73. The van der Waals surface area contributed by atoms with Crippen molar-refractivity contribution >= 4 is 5.97 Å². The molecular formula is C12H25NO3. The van der Waals surface area contributed by atoms with Crippen LogP contribution in [0.15, 0.2) is 0 Å². The number of hydrogen-bond acceptors (Lipinski definition) is 4. The fraction of sp³-hybridized carbons (Fsp3) is 0.917. The SMILES string of the molecule is CCOC(=O)CCN(C)CCC(C)(C)OC. The van der Waals surface area contributed by atoms with Crippen molar-refractivity contribution in [3.63, 3.8) is 0 Å². The molecule has 0 bridgehead atoms. The third-order valence-electron chi connectivity index (χ3n) is 2.65. The minimum atomic E-state index is -0.125. The highest BCUT2D eigenvalue weighted by atomic mass is 16.5. The molecule has 0 aliphatic rings. The first-order chi connectivity index (χ1) is 7.41. The molecule has 0 fully saturated rings. The van der Waals surface area contributed by atoms with Crippen molar-refractivity contribution in [2.75, 3.05) is 33.9 Å². The number of methoxy groups -OCH3 is 1. The molecule has 0 saturated heterocycles. The summed E-state index contributed by atoms with van der Waals surface area (Å²) < 4.78 is 10.2. The quantitative estimate of drug-likeness (QED) is 0.596. The number of carbonyl (C=O) groups excluding carboxylic acids is 1. The highest BCUT2D eigenvalue weighted by Crippen LogP contribution is 2.13. The minimum Gasteiger partial charge on any atom is -0.466 e. The highest BCUT2D eigenvalue weighted by Gasteiger charge is 2.16. The van der Waals surface area contributed by atoms with E-state index in [1.807, 2.05) is 14.0 Å². The maximum atomic E-state index is 11.1. The van der Waals surface area contributed by atoms with Crippen LogP contribution >= 0.6 is 0 Å². The van der Waals surface area contributed by atoms with Crippen molar-refractivity contribution in [1.82, 2.24) is 4.90 Å². The van der Waals surface area contributed by atoms with Crippen LogP contribution in [-0.4, -0.2) is 50.3 Å². The van der Waals surface area contributed by atoms with E-state index >= 15 is 0 Å². The summed E-state index contributed by atoms with van der Waals surface area (Å²) in [5.74, 6) is -0.125. The van der Waals surface area contributed by atoms with E-state index in [9.17, 15) is 4.79 Å². The summed E-state index contributed by atoms with van der Waals surface area (Å²) in [5.41, 5.74) is -0.0990. The molecule has 0 unspecified atom stereocenters. The van der Waals surface area contributed by atoms with Gasteiger partial charge in [-0.2, -0.15) is 0 Å². The molecule has 0 aromatic heterocycles. The van der Waals surface area contributed by atoms with Crippen LogP contribution in [0.3, 0.4) is 0 Å². The van der Waals surface area contributed by atoms with Crippen LogP contribution in [-0.2, 0) is 14.3 Å². The predicted molar refractivity (Wildman–Crippen MR) is 64.5 cm³/mol. The van der Waals surface area contributed by atoms with Gasteiger partial charge >= 0.3 is 5.97 Å². The van der Waals surface area contributed by atoms with Crippen molar-refractivity contribution in [2.45, 2.75) is 39.2 Å². The Bertz CT molecular complexity index is 204. The second-order valence-electron chi connectivity index (χ2n) is 4.57. The van der Waals surface area contributed by atoms with Crippen LogP contribution in [0.4, 0.5) is 0 Å². The lowest BCUT2D eigenvalue weighted by Crippen LogP contribution is -2.31. The van der Waals surface area contributed by atoms with Gasteiger partial charge in [-0.15, -0.1) is 0 Å². The monoisotopic (exact) mass is 231 g/mol. The van der Waals surface area contributed by atoms with Crippen molar-refractivity contribution in [3.8, 4) is 0 Å². The van der Waals surface area contributed by atoms with E-state index in [2.05, 4.69) is 18.7 Å². The van der Waals surface area contributed by atoms with E-state index in [1.165, 1.54) is 0 Å². The molecule has 96 valence electrons. The molecule has 0 aromatic carbocycles. The summed E-state index contributed by atoms with van der Waals surface area (Å²) in [6, 6.07) is 0. The lowest BCUT2D eigenvalue weighted by molar-refractivity contribution is -0.143. The zero-order valence-electron chi connectivity index (χ0n) is 11.2. The number of carbonyl (C=O) groups is 1. The summed E-state index contributed by atoms with van der Waals surface area (Å²) >= 11 is 0. The van der Waals surface area contributed by atoms with Crippen LogP contribution in [0.25, 0.3) is 0 Å².